The summed E-state index contributed by atoms with van der Waals surface area (Å²) in [6.07, 6.45) is 0.703. The molecule has 0 aromatic carbocycles. The van der Waals surface area contributed by atoms with Crippen molar-refractivity contribution in [2.45, 2.75) is 50.6 Å². The van der Waals surface area contributed by atoms with Crippen LogP contribution in [0.25, 0.3) is 0 Å². The highest BCUT2D eigenvalue weighted by Gasteiger charge is 2.36. The Morgan fingerprint density at radius 2 is 1.96 bits per heavy atom. The summed E-state index contributed by atoms with van der Waals surface area (Å²) in [6.45, 7) is 4.38. The van der Waals surface area contributed by atoms with E-state index < -0.39 is 33.9 Å². The van der Waals surface area contributed by atoms with Gasteiger partial charge in [0.2, 0.25) is 15.9 Å². The molecule has 0 radical (unpaired) electrons. The third kappa shape index (κ3) is 3.70. The van der Waals surface area contributed by atoms with E-state index in [2.05, 4.69) is 15.2 Å². The maximum atomic E-state index is 12.3. The van der Waals surface area contributed by atoms with E-state index in [4.69, 9.17) is 9.63 Å². The van der Waals surface area contributed by atoms with Gasteiger partial charge in [0.05, 0.1) is 12.0 Å². The van der Waals surface area contributed by atoms with E-state index in [9.17, 15) is 18.0 Å². The number of nitrogens with zero attached hydrogens (tertiary/aromatic N) is 1. The number of carboxylic acid groups (broad SMARTS) is 1. The zero-order chi connectivity index (χ0) is 17.4. The van der Waals surface area contributed by atoms with Crippen LogP contribution in [0, 0.1) is 19.8 Å². The third-order valence-electron chi connectivity index (χ3n) is 3.80. The highest BCUT2D eigenvalue weighted by molar-refractivity contribution is 7.89. The first kappa shape index (κ1) is 17.4. The Labute approximate surface area is 133 Å². The molecule has 9 nitrogen and oxygen atoms in total. The first-order valence-electron chi connectivity index (χ1n) is 7.10. The summed E-state index contributed by atoms with van der Waals surface area (Å²) in [4.78, 5) is 22.6. The second-order valence-corrected chi connectivity index (χ2v) is 7.36. The van der Waals surface area contributed by atoms with Crippen molar-refractivity contribution < 1.29 is 27.6 Å². The smallest absolute Gasteiger partial charge is 0.306 e. The molecule has 0 bridgehead atoms. The fraction of sp³-hybridized carbons (Fsp3) is 0.615. The van der Waals surface area contributed by atoms with Crippen LogP contribution in [0.5, 0.6) is 0 Å². The van der Waals surface area contributed by atoms with Crippen LogP contribution in [-0.4, -0.2) is 42.6 Å². The van der Waals surface area contributed by atoms with Gasteiger partial charge in [0.1, 0.15) is 10.6 Å². The molecule has 1 unspecified atom stereocenters. The molecule has 1 saturated carbocycles. The highest BCUT2D eigenvalue weighted by Crippen LogP contribution is 2.27. The Hall–Kier alpha value is -1.94. The summed E-state index contributed by atoms with van der Waals surface area (Å²) in [5, 5.41) is 15.0. The minimum Gasteiger partial charge on any atom is -0.481 e. The number of carbonyl (C=O) groups is 2. The summed E-state index contributed by atoms with van der Waals surface area (Å²) in [6, 6.07) is -1.24. The number of amides is 1. The van der Waals surface area contributed by atoms with Gasteiger partial charge in [-0.3, -0.25) is 9.59 Å². The monoisotopic (exact) mass is 345 g/mol. The maximum Gasteiger partial charge on any atom is 0.306 e. The normalized spacial score (nSPS) is 22.2. The molecule has 1 amide bonds. The van der Waals surface area contributed by atoms with Gasteiger partial charge in [-0.2, -0.15) is 4.72 Å². The van der Waals surface area contributed by atoms with E-state index in [-0.39, 0.29) is 22.4 Å². The van der Waals surface area contributed by atoms with Crippen LogP contribution < -0.4 is 10.0 Å². The molecule has 0 spiro atoms. The van der Waals surface area contributed by atoms with E-state index in [1.807, 2.05) is 0 Å². The fourth-order valence-electron chi connectivity index (χ4n) is 2.47. The lowest BCUT2D eigenvalue weighted by Gasteiger charge is -2.33. The Balaban J connectivity index is 1.95. The Kier molecular flexibility index (Phi) is 4.76. The molecule has 2 rings (SSSR count). The van der Waals surface area contributed by atoms with Gasteiger partial charge in [-0.1, -0.05) is 5.16 Å². The van der Waals surface area contributed by atoms with Crippen molar-refractivity contribution in [3.8, 4) is 0 Å². The molecule has 10 heteroatoms. The molecular weight excluding hydrogens is 326 g/mol. The summed E-state index contributed by atoms with van der Waals surface area (Å²) < 4.78 is 31.7. The number of hydrogen-bond donors (Lipinski definition) is 3. The zero-order valence-electron chi connectivity index (χ0n) is 13.0. The number of aromatic nitrogens is 1. The first-order valence-corrected chi connectivity index (χ1v) is 8.58. The lowest BCUT2D eigenvalue weighted by Crippen LogP contribution is -2.52. The number of carbonyl (C=O) groups excluding carboxylic acids is 1. The van der Waals surface area contributed by atoms with E-state index in [1.54, 1.807) is 0 Å². The zero-order valence-corrected chi connectivity index (χ0v) is 13.8. The summed E-state index contributed by atoms with van der Waals surface area (Å²) in [5.41, 5.74) is 0.214. The number of hydrogen-bond acceptors (Lipinski definition) is 6. The molecule has 0 aliphatic heterocycles. The standard InChI is InChI=1S/C13H19N3O6S/c1-6-11(8(3)22-15-6)23(20,21)16-7(2)12(17)14-10-4-9(5-10)13(18)19/h7,9-10,16H,4-5H2,1-3H3,(H,14,17)(H,18,19). The third-order valence-corrected chi connectivity index (χ3v) is 5.58. The maximum absolute atomic E-state index is 12.3. The van der Waals surface area contributed by atoms with Gasteiger partial charge in [-0.05, 0) is 33.6 Å². The largest absolute Gasteiger partial charge is 0.481 e. The topological polar surface area (TPSA) is 139 Å². The lowest BCUT2D eigenvalue weighted by atomic mass is 9.80. The first-order chi connectivity index (χ1) is 10.6. The van der Waals surface area contributed by atoms with Crippen LogP contribution >= 0.6 is 0 Å². The molecule has 128 valence electrons. The van der Waals surface area contributed by atoms with Crippen LogP contribution in [0.3, 0.4) is 0 Å². The molecule has 3 N–H and O–H groups in total. The van der Waals surface area contributed by atoms with E-state index in [1.165, 1.54) is 20.8 Å². The predicted molar refractivity (Wildman–Crippen MR) is 78.1 cm³/mol. The SMILES string of the molecule is Cc1noc(C)c1S(=O)(=O)NC(C)C(=O)NC1CC(C(=O)O)C1. The van der Waals surface area contributed by atoms with Gasteiger partial charge < -0.3 is 14.9 Å². The Morgan fingerprint density at radius 3 is 2.43 bits per heavy atom. The van der Waals surface area contributed by atoms with Crippen LogP contribution in [-0.2, 0) is 19.6 Å². The molecule has 1 heterocycles. The van der Waals surface area contributed by atoms with Crippen molar-refractivity contribution in [1.82, 2.24) is 15.2 Å². The second kappa shape index (κ2) is 6.28. The Morgan fingerprint density at radius 1 is 1.35 bits per heavy atom. The lowest BCUT2D eigenvalue weighted by molar-refractivity contribution is -0.146. The summed E-state index contributed by atoms with van der Waals surface area (Å²) in [5.74, 6) is -1.70. The number of nitrogens with one attached hydrogen (secondary N) is 2. The minimum absolute atomic E-state index is 0.0771. The number of sulfonamides is 1. The molecule has 23 heavy (non-hydrogen) atoms. The van der Waals surface area contributed by atoms with Gasteiger partial charge in [0.25, 0.3) is 0 Å². The molecule has 1 aliphatic rings. The molecule has 0 saturated heterocycles. The van der Waals surface area contributed by atoms with E-state index in [0.29, 0.717) is 12.8 Å². The Bertz CT molecular complexity index is 701. The summed E-state index contributed by atoms with van der Waals surface area (Å²) in [7, 11) is -3.93. The highest BCUT2D eigenvalue weighted by atomic mass is 32.2. The van der Waals surface area contributed by atoms with Crippen molar-refractivity contribution in [2.75, 3.05) is 0 Å². The second-order valence-electron chi connectivity index (χ2n) is 5.71. The van der Waals surface area contributed by atoms with Gasteiger partial charge in [0.15, 0.2) is 5.76 Å². The molecular formula is C13H19N3O6S. The van der Waals surface area contributed by atoms with Crippen molar-refractivity contribution >= 4 is 21.9 Å². The van der Waals surface area contributed by atoms with E-state index in [0.717, 1.165) is 0 Å². The average molecular weight is 345 g/mol. The number of carboxylic acids is 1. The molecule has 1 atom stereocenters. The summed E-state index contributed by atoms with van der Waals surface area (Å²) >= 11 is 0. The molecule has 1 aromatic heterocycles. The number of aliphatic carboxylic acids is 1. The van der Waals surface area contributed by atoms with Gasteiger partial charge in [-0.15, -0.1) is 0 Å². The van der Waals surface area contributed by atoms with Crippen molar-refractivity contribution in [1.29, 1.82) is 0 Å². The average Bonchev–Trinajstić information content (AvgIpc) is 2.72. The van der Waals surface area contributed by atoms with Crippen LogP contribution in [0.2, 0.25) is 0 Å². The van der Waals surface area contributed by atoms with Crippen molar-refractivity contribution in [2.24, 2.45) is 5.92 Å². The molecule has 1 aliphatic carbocycles. The van der Waals surface area contributed by atoms with Crippen LogP contribution in [0.4, 0.5) is 0 Å². The van der Waals surface area contributed by atoms with Crippen LogP contribution in [0.1, 0.15) is 31.2 Å². The van der Waals surface area contributed by atoms with Gasteiger partial charge in [0, 0.05) is 6.04 Å². The van der Waals surface area contributed by atoms with Crippen molar-refractivity contribution in [3.63, 3.8) is 0 Å². The molecule has 1 fully saturated rings. The van der Waals surface area contributed by atoms with Crippen molar-refractivity contribution in [3.05, 3.63) is 11.5 Å². The number of rotatable bonds is 6. The van der Waals surface area contributed by atoms with Gasteiger partial charge in [-0.25, -0.2) is 8.42 Å². The van der Waals surface area contributed by atoms with Crippen LogP contribution in [0.15, 0.2) is 9.42 Å². The number of aryl methyl sites for hydroxylation is 2. The molecule has 1 aromatic rings. The minimum atomic E-state index is -3.93. The van der Waals surface area contributed by atoms with Gasteiger partial charge >= 0.3 is 5.97 Å². The fourth-order valence-corrected chi connectivity index (χ4v) is 4.00. The predicted octanol–water partition coefficient (Wildman–Crippen LogP) is -0.0624. The van der Waals surface area contributed by atoms with E-state index >= 15 is 0 Å². The quantitative estimate of drug-likeness (QED) is 0.656.